The summed E-state index contributed by atoms with van der Waals surface area (Å²) in [5, 5.41) is 20.6. The summed E-state index contributed by atoms with van der Waals surface area (Å²) < 4.78 is 71.7. The largest absolute Gasteiger partial charge is 0.480 e. The number of hydrogen-bond donors (Lipinski definition) is 2. The summed E-state index contributed by atoms with van der Waals surface area (Å²) in [6, 6.07) is 15.4. The first kappa shape index (κ1) is 30.5. The zero-order valence-corrected chi connectivity index (χ0v) is 24.0. The summed E-state index contributed by atoms with van der Waals surface area (Å²) in [6.07, 6.45) is -4.68. The van der Waals surface area contributed by atoms with Gasteiger partial charge in [-0.15, -0.1) is 0 Å². The molecule has 0 aliphatic carbocycles. The molecule has 4 aromatic rings. The maximum atomic E-state index is 14.2. The number of hydrogen-bond acceptors (Lipinski definition) is 5. The number of carboxylic acids is 1. The van der Waals surface area contributed by atoms with E-state index in [2.05, 4.69) is 0 Å². The second-order valence-electron chi connectivity index (χ2n) is 10.4. The minimum atomic E-state index is -4.75. The fourth-order valence-corrected chi connectivity index (χ4v) is 7.70. The molecule has 226 valence electrons. The number of alkyl halides is 3. The Kier molecular flexibility index (Phi) is 8.21. The van der Waals surface area contributed by atoms with Crippen LogP contribution in [-0.4, -0.2) is 53.2 Å². The van der Waals surface area contributed by atoms with E-state index in [4.69, 9.17) is 0 Å². The number of fused-ring (bicyclic) bond motifs is 2. The fraction of sp³-hybridized carbons (Fsp3) is 0.290. The van der Waals surface area contributed by atoms with E-state index in [1.54, 1.807) is 19.1 Å². The van der Waals surface area contributed by atoms with Crippen molar-refractivity contribution in [2.24, 2.45) is 0 Å². The Hall–Kier alpha value is -4.00. The van der Waals surface area contributed by atoms with E-state index in [0.717, 1.165) is 33.3 Å². The average Bonchev–Trinajstić information content (AvgIpc) is 2.97. The van der Waals surface area contributed by atoms with Crippen LogP contribution < -0.4 is 5.56 Å². The molecule has 1 atom stereocenters. The topological polar surface area (TPSA) is 117 Å². The molecule has 2 heterocycles. The van der Waals surface area contributed by atoms with Crippen LogP contribution in [0.1, 0.15) is 41.6 Å². The minimum Gasteiger partial charge on any atom is -0.480 e. The second kappa shape index (κ2) is 11.6. The van der Waals surface area contributed by atoms with Gasteiger partial charge >= 0.3 is 12.1 Å². The van der Waals surface area contributed by atoms with Gasteiger partial charge in [0.15, 0.2) is 5.03 Å². The van der Waals surface area contributed by atoms with Crippen LogP contribution in [0.25, 0.3) is 21.9 Å². The van der Waals surface area contributed by atoms with Crippen molar-refractivity contribution >= 4 is 26.8 Å². The summed E-state index contributed by atoms with van der Waals surface area (Å²) in [4.78, 5) is 26.5. The molecule has 12 heteroatoms. The van der Waals surface area contributed by atoms with Crippen LogP contribution in [0.15, 0.2) is 76.6 Å². The maximum absolute atomic E-state index is 14.2. The molecule has 0 amide bonds. The van der Waals surface area contributed by atoms with Gasteiger partial charge in [0, 0.05) is 30.8 Å². The molecule has 1 unspecified atom stereocenters. The Morgan fingerprint density at radius 1 is 1.02 bits per heavy atom. The second-order valence-corrected chi connectivity index (χ2v) is 12.2. The van der Waals surface area contributed by atoms with Crippen molar-refractivity contribution in [2.75, 3.05) is 19.7 Å². The number of nitrogens with zero attached hydrogens (tertiary/aromatic N) is 2. The number of aromatic nitrogens is 1. The van der Waals surface area contributed by atoms with E-state index in [1.165, 1.54) is 6.07 Å². The first-order chi connectivity index (χ1) is 20.4. The van der Waals surface area contributed by atoms with Crippen molar-refractivity contribution in [1.82, 2.24) is 8.87 Å². The van der Waals surface area contributed by atoms with Crippen LogP contribution in [0.5, 0.6) is 0 Å². The number of rotatable bonds is 8. The number of aliphatic carboxylic acids is 1. The summed E-state index contributed by atoms with van der Waals surface area (Å²) in [5.74, 6) is -1.47. The van der Waals surface area contributed by atoms with Crippen molar-refractivity contribution < 1.29 is 36.6 Å². The molecule has 43 heavy (non-hydrogen) atoms. The van der Waals surface area contributed by atoms with E-state index in [0.29, 0.717) is 10.1 Å². The van der Waals surface area contributed by atoms with Crippen molar-refractivity contribution in [3.8, 4) is 11.1 Å². The Bertz CT molecular complexity index is 1880. The Balaban J connectivity index is 1.93. The molecule has 0 radical (unpaired) electrons. The summed E-state index contributed by atoms with van der Waals surface area (Å²) in [7, 11) is -4.61. The summed E-state index contributed by atoms with van der Waals surface area (Å²) >= 11 is 0. The van der Waals surface area contributed by atoms with Crippen molar-refractivity contribution in [1.29, 1.82) is 0 Å². The lowest BCUT2D eigenvalue weighted by Crippen LogP contribution is -2.50. The Labute approximate surface area is 245 Å². The molecule has 0 saturated heterocycles. The summed E-state index contributed by atoms with van der Waals surface area (Å²) in [6.45, 7) is 0.469. The van der Waals surface area contributed by atoms with E-state index in [1.807, 2.05) is 30.3 Å². The van der Waals surface area contributed by atoms with Gasteiger partial charge in [-0.25, -0.2) is 13.2 Å². The van der Waals surface area contributed by atoms with E-state index in [-0.39, 0.29) is 54.7 Å². The molecule has 0 spiro atoms. The quantitative estimate of drug-likeness (QED) is 0.293. The third kappa shape index (κ3) is 5.46. The highest BCUT2D eigenvalue weighted by Gasteiger charge is 2.44. The first-order valence-electron chi connectivity index (χ1n) is 13.7. The number of pyridine rings is 1. The van der Waals surface area contributed by atoms with Crippen LogP contribution in [0, 0.1) is 0 Å². The minimum absolute atomic E-state index is 0.00306. The molecule has 0 saturated carbocycles. The van der Waals surface area contributed by atoms with Crippen LogP contribution in [-0.2, 0) is 33.8 Å². The predicted molar refractivity (Wildman–Crippen MR) is 154 cm³/mol. The Morgan fingerprint density at radius 3 is 2.40 bits per heavy atom. The van der Waals surface area contributed by atoms with E-state index >= 15 is 0 Å². The lowest BCUT2D eigenvalue weighted by Gasteiger charge is -2.36. The van der Waals surface area contributed by atoms with Crippen LogP contribution in [0.3, 0.4) is 0 Å². The van der Waals surface area contributed by atoms with Crippen LogP contribution in [0.4, 0.5) is 13.2 Å². The highest BCUT2D eigenvalue weighted by molar-refractivity contribution is 7.89. The molecule has 3 aromatic carbocycles. The van der Waals surface area contributed by atoms with Gasteiger partial charge in [0.2, 0.25) is 0 Å². The fourth-order valence-electron chi connectivity index (χ4n) is 5.79. The molecular formula is C31H29F3N2O6S. The molecule has 8 nitrogen and oxygen atoms in total. The van der Waals surface area contributed by atoms with Crippen molar-refractivity contribution in [3.63, 3.8) is 0 Å². The van der Waals surface area contributed by atoms with Crippen molar-refractivity contribution in [2.45, 2.75) is 43.4 Å². The normalized spacial score (nSPS) is 16.7. The lowest BCUT2D eigenvalue weighted by molar-refractivity contribution is -0.141. The number of benzene rings is 3. The zero-order valence-electron chi connectivity index (χ0n) is 23.1. The van der Waals surface area contributed by atoms with E-state index in [9.17, 15) is 41.4 Å². The Morgan fingerprint density at radius 2 is 1.72 bits per heavy atom. The predicted octanol–water partition coefficient (Wildman–Crippen LogP) is 4.85. The number of carboxylic acid groups (broad SMARTS) is 1. The molecule has 5 rings (SSSR count). The molecule has 1 aliphatic rings. The first-order valence-corrected chi connectivity index (χ1v) is 15.1. The van der Waals surface area contributed by atoms with Gasteiger partial charge in [0.1, 0.15) is 6.04 Å². The van der Waals surface area contributed by atoms with Gasteiger partial charge in [0.25, 0.3) is 15.6 Å². The number of sulfonamides is 1. The average molecular weight is 615 g/mol. The van der Waals surface area contributed by atoms with E-state index < -0.39 is 50.9 Å². The monoisotopic (exact) mass is 614 g/mol. The van der Waals surface area contributed by atoms with Crippen LogP contribution in [0.2, 0.25) is 0 Å². The van der Waals surface area contributed by atoms with Gasteiger partial charge < -0.3 is 10.2 Å². The molecule has 1 aromatic heterocycles. The van der Waals surface area contributed by atoms with Crippen LogP contribution >= 0.6 is 0 Å². The van der Waals surface area contributed by atoms with Crippen molar-refractivity contribution in [3.05, 3.63) is 99.3 Å². The van der Waals surface area contributed by atoms with Gasteiger partial charge in [-0.3, -0.25) is 9.36 Å². The highest BCUT2D eigenvalue weighted by Crippen LogP contribution is 2.41. The molecular weight excluding hydrogens is 585 g/mol. The third-order valence-electron chi connectivity index (χ3n) is 7.78. The molecule has 2 N–H and O–H groups in total. The van der Waals surface area contributed by atoms with Gasteiger partial charge in [-0.05, 0) is 58.9 Å². The van der Waals surface area contributed by atoms with Gasteiger partial charge in [-0.2, -0.15) is 17.5 Å². The highest BCUT2D eigenvalue weighted by atomic mass is 32.2. The smallest absolute Gasteiger partial charge is 0.416 e. The SMILES string of the molecule is CCc1c(Cc2cccc3ccccc23)c(-c2cccc(C(F)(F)F)c2)c2n(c1=O)C(C(=O)O)CN(CCCO)S2(=O)=O. The number of halogens is 3. The standard InChI is InChI=1S/C31H29F3N2O6S/c1-2-23-25(17-20-10-5-9-19-8-3-4-13-24(19)20)27(21-11-6-12-22(16-21)31(32,33)34)29-36(28(23)38)26(30(39)40)18-35(14-7-15-37)43(29,41)42/h3-6,8-13,16,26,37H,2,7,14-15,17-18H2,1H3,(H,39,40). The lowest BCUT2D eigenvalue weighted by atomic mass is 9.89. The molecule has 0 fully saturated rings. The third-order valence-corrected chi connectivity index (χ3v) is 9.68. The zero-order chi connectivity index (χ0) is 31.1. The maximum Gasteiger partial charge on any atom is 0.416 e. The molecule has 1 aliphatic heterocycles. The number of carbonyl (C=O) groups is 1. The summed E-state index contributed by atoms with van der Waals surface area (Å²) in [5.41, 5.74) is -1.05. The molecule has 0 bridgehead atoms. The number of aliphatic hydroxyl groups excluding tert-OH is 1. The van der Waals surface area contributed by atoms with Gasteiger partial charge in [-0.1, -0.05) is 61.5 Å². The number of aliphatic hydroxyl groups is 1. The van der Waals surface area contributed by atoms with Gasteiger partial charge in [0.05, 0.1) is 5.56 Å².